The van der Waals surface area contributed by atoms with Crippen LogP contribution < -0.4 is 5.69 Å². The Morgan fingerprint density at radius 3 is 3.08 bits per heavy atom. The topological polar surface area (TPSA) is 45.8 Å². The summed E-state index contributed by atoms with van der Waals surface area (Å²) in [6.07, 6.45) is 1.23. The van der Waals surface area contributed by atoms with E-state index in [0.717, 1.165) is 0 Å². The molecule has 2 rings (SSSR count). The number of aromatic amines is 1. The van der Waals surface area contributed by atoms with E-state index in [2.05, 4.69) is 9.97 Å². The first-order valence-corrected chi connectivity index (χ1v) is 3.41. The molecule has 0 amide bonds. The van der Waals surface area contributed by atoms with E-state index in [-0.39, 0.29) is 5.82 Å². The van der Waals surface area contributed by atoms with Crippen LogP contribution in [0.15, 0.2) is 29.2 Å². The summed E-state index contributed by atoms with van der Waals surface area (Å²) < 4.78 is 13.0. The zero-order valence-electron chi connectivity index (χ0n) is 6.04. The molecule has 60 valence electrons. The number of halogens is 1. The number of benzene rings is 1. The minimum Gasteiger partial charge on any atom is -0.305 e. The molecule has 12 heavy (non-hydrogen) atoms. The van der Waals surface area contributed by atoms with Gasteiger partial charge in [-0.15, -0.1) is 0 Å². The number of hydrogen-bond acceptors (Lipinski definition) is 2. The zero-order valence-corrected chi connectivity index (χ0v) is 6.04. The SMILES string of the molecule is O=c1ncc2c(F)cccc2[nH]1. The Morgan fingerprint density at radius 2 is 2.25 bits per heavy atom. The van der Waals surface area contributed by atoms with Crippen LogP contribution in [0.3, 0.4) is 0 Å². The van der Waals surface area contributed by atoms with E-state index >= 15 is 0 Å². The average Bonchev–Trinajstić information content (AvgIpc) is 2.04. The molecule has 0 unspecified atom stereocenters. The number of nitrogens with one attached hydrogen (secondary N) is 1. The number of aromatic nitrogens is 2. The van der Waals surface area contributed by atoms with Gasteiger partial charge in [-0.05, 0) is 12.1 Å². The Hall–Kier alpha value is -1.71. The second-order valence-electron chi connectivity index (χ2n) is 2.39. The quantitative estimate of drug-likeness (QED) is 0.632. The highest BCUT2D eigenvalue weighted by Gasteiger charge is 1.99. The normalized spacial score (nSPS) is 10.4. The van der Waals surface area contributed by atoms with Crippen LogP contribution in [0.25, 0.3) is 10.9 Å². The van der Waals surface area contributed by atoms with E-state index in [1.807, 2.05) is 0 Å². The number of nitrogens with zero attached hydrogens (tertiary/aromatic N) is 1. The number of fused-ring (bicyclic) bond motifs is 1. The molecule has 0 fully saturated rings. The molecule has 0 aliphatic carbocycles. The Balaban J connectivity index is 2.96. The minimum absolute atomic E-state index is 0.331. The van der Waals surface area contributed by atoms with Crippen molar-refractivity contribution in [1.29, 1.82) is 0 Å². The summed E-state index contributed by atoms with van der Waals surface area (Å²) in [6.45, 7) is 0. The highest BCUT2D eigenvalue weighted by atomic mass is 19.1. The van der Waals surface area contributed by atoms with Gasteiger partial charge in [-0.3, -0.25) is 0 Å². The highest BCUT2D eigenvalue weighted by Crippen LogP contribution is 2.11. The molecular weight excluding hydrogens is 159 g/mol. The fourth-order valence-corrected chi connectivity index (χ4v) is 1.05. The van der Waals surface area contributed by atoms with Crippen molar-refractivity contribution in [3.63, 3.8) is 0 Å². The second kappa shape index (κ2) is 2.41. The van der Waals surface area contributed by atoms with Crippen molar-refractivity contribution >= 4 is 10.9 Å². The molecule has 4 heteroatoms. The molecule has 0 atom stereocenters. The van der Waals surface area contributed by atoms with Crippen LogP contribution in [0.2, 0.25) is 0 Å². The fourth-order valence-electron chi connectivity index (χ4n) is 1.05. The van der Waals surface area contributed by atoms with Gasteiger partial charge in [0.25, 0.3) is 0 Å². The number of rotatable bonds is 0. The van der Waals surface area contributed by atoms with Gasteiger partial charge in [-0.1, -0.05) is 6.07 Å². The summed E-state index contributed by atoms with van der Waals surface area (Å²) in [5.74, 6) is -0.378. The van der Waals surface area contributed by atoms with E-state index in [1.165, 1.54) is 18.3 Å². The summed E-state index contributed by atoms with van der Waals surface area (Å²) in [4.78, 5) is 16.5. The number of H-pyrrole nitrogens is 1. The van der Waals surface area contributed by atoms with Gasteiger partial charge < -0.3 is 4.98 Å². The molecule has 3 nitrogen and oxygen atoms in total. The molecule has 0 spiro atoms. The largest absolute Gasteiger partial charge is 0.345 e. The molecule has 1 aromatic carbocycles. The van der Waals surface area contributed by atoms with Crippen molar-refractivity contribution in [3.8, 4) is 0 Å². The summed E-state index contributed by atoms with van der Waals surface area (Å²) in [5, 5.41) is 0.331. The highest BCUT2D eigenvalue weighted by molar-refractivity contribution is 5.77. The zero-order chi connectivity index (χ0) is 8.55. The van der Waals surface area contributed by atoms with E-state index < -0.39 is 5.69 Å². The molecular formula is C8H5FN2O. The third kappa shape index (κ3) is 0.972. The maximum atomic E-state index is 13.0. The molecule has 0 aliphatic rings. The maximum Gasteiger partial charge on any atom is 0.345 e. The molecule has 0 aliphatic heterocycles. The Labute approximate surface area is 66.9 Å². The van der Waals surface area contributed by atoms with Gasteiger partial charge in [-0.25, -0.2) is 14.2 Å². The lowest BCUT2D eigenvalue weighted by molar-refractivity contribution is 0.639. The average molecular weight is 164 g/mol. The van der Waals surface area contributed by atoms with Gasteiger partial charge in [0, 0.05) is 6.20 Å². The standard InChI is InChI=1S/C8H5FN2O/c9-6-2-1-3-7-5(6)4-10-8(12)11-7/h1-4H,(H,10,11,12). The van der Waals surface area contributed by atoms with E-state index in [9.17, 15) is 9.18 Å². The van der Waals surface area contributed by atoms with Crippen molar-refractivity contribution < 1.29 is 4.39 Å². The van der Waals surface area contributed by atoms with Crippen molar-refractivity contribution in [2.75, 3.05) is 0 Å². The van der Waals surface area contributed by atoms with E-state index in [1.54, 1.807) is 6.07 Å². The molecule has 2 aromatic rings. The van der Waals surface area contributed by atoms with Gasteiger partial charge in [0.1, 0.15) is 5.82 Å². The molecule has 1 heterocycles. The predicted molar refractivity (Wildman–Crippen MR) is 42.3 cm³/mol. The Bertz CT molecular complexity index is 478. The Kier molecular flexibility index (Phi) is 1.40. The van der Waals surface area contributed by atoms with Crippen molar-refractivity contribution in [2.45, 2.75) is 0 Å². The molecule has 1 N–H and O–H groups in total. The van der Waals surface area contributed by atoms with Gasteiger partial charge in [0.15, 0.2) is 0 Å². The molecule has 0 radical (unpaired) electrons. The van der Waals surface area contributed by atoms with Crippen LogP contribution in [0.4, 0.5) is 4.39 Å². The molecule has 0 saturated heterocycles. The first kappa shape index (κ1) is 6.97. The summed E-state index contributed by atoms with van der Waals surface area (Å²) in [6, 6.07) is 4.48. The van der Waals surface area contributed by atoms with Crippen LogP contribution >= 0.6 is 0 Å². The lowest BCUT2D eigenvalue weighted by Gasteiger charge is -1.95. The van der Waals surface area contributed by atoms with Gasteiger partial charge >= 0.3 is 5.69 Å². The van der Waals surface area contributed by atoms with Crippen LogP contribution in [0, 0.1) is 5.82 Å². The van der Waals surface area contributed by atoms with Crippen molar-refractivity contribution in [3.05, 3.63) is 40.7 Å². The number of hydrogen-bond donors (Lipinski definition) is 1. The smallest absolute Gasteiger partial charge is 0.305 e. The van der Waals surface area contributed by atoms with Crippen LogP contribution in [0.1, 0.15) is 0 Å². The second-order valence-corrected chi connectivity index (χ2v) is 2.39. The van der Waals surface area contributed by atoms with Crippen molar-refractivity contribution in [1.82, 2.24) is 9.97 Å². The first-order chi connectivity index (χ1) is 5.77. The summed E-state index contributed by atoms with van der Waals surface area (Å²) in [5.41, 5.74) is 0.00287. The van der Waals surface area contributed by atoms with Crippen molar-refractivity contribution in [2.24, 2.45) is 0 Å². The van der Waals surface area contributed by atoms with Gasteiger partial charge in [0.2, 0.25) is 0 Å². The lowest BCUT2D eigenvalue weighted by Crippen LogP contribution is -2.08. The van der Waals surface area contributed by atoms with Crippen LogP contribution in [0.5, 0.6) is 0 Å². The Morgan fingerprint density at radius 1 is 1.42 bits per heavy atom. The van der Waals surface area contributed by atoms with E-state index in [4.69, 9.17) is 0 Å². The fraction of sp³-hybridized carbons (Fsp3) is 0. The van der Waals surface area contributed by atoms with Gasteiger partial charge in [0.05, 0.1) is 10.9 Å². The minimum atomic E-state index is -0.465. The maximum absolute atomic E-state index is 13.0. The molecule has 1 aromatic heterocycles. The summed E-state index contributed by atoms with van der Waals surface area (Å²) in [7, 11) is 0. The van der Waals surface area contributed by atoms with Gasteiger partial charge in [-0.2, -0.15) is 0 Å². The lowest BCUT2D eigenvalue weighted by atomic mass is 10.2. The van der Waals surface area contributed by atoms with Crippen LogP contribution in [-0.4, -0.2) is 9.97 Å². The monoisotopic (exact) mass is 164 g/mol. The molecule has 0 saturated carbocycles. The third-order valence-electron chi connectivity index (χ3n) is 1.61. The first-order valence-electron chi connectivity index (χ1n) is 3.41. The summed E-state index contributed by atoms with van der Waals surface area (Å²) >= 11 is 0. The van der Waals surface area contributed by atoms with Crippen LogP contribution in [-0.2, 0) is 0 Å². The molecule has 0 bridgehead atoms. The third-order valence-corrected chi connectivity index (χ3v) is 1.61. The predicted octanol–water partition coefficient (Wildman–Crippen LogP) is 1.06. The van der Waals surface area contributed by atoms with E-state index in [0.29, 0.717) is 10.9 Å².